The van der Waals surface area contributed by atoms with Gasteiger partial charge in [0, 0.05) is 12.2 Å². The summed E-state index contributed by atoms with van der Waals surface area (Å²) < 4.78 is 38.3. The Labute approximate surface area is 105 Å². The van der Waals surface area contributed by atoms with Crippen LogP contribution in [0.5, 0.6) is 0 Å². The van der Waals surface area contributed by atoms with Crippen molar-refractivity contribution in [2.75, 3.05) is 6.54 Å². The maximum atomic E-state index is 12.3. The molecule has 6 heteroatoms. The fraction of sp³-hybridized carbons (Fsp3) is 0.750. The molecule has 0 saturated heterocycles. The van der Waals surface area contributed by atoms with Gasteiger partial charge in [-0.1, -0.05) is 13.8 Å². The molecule has 18 heavy (non-hydrogen) atoms. The summed E-state index contributed by atoms with van der Waals surface area (Å²) in [6, 6.07) is 0. The van der Waals surface area contributed by atoms with Crippen molar-refractivity contribution in [3.8, 4) is 0 Å². The summed E-state index contributed by atoms with van der Waals surface area (Å²) >= 11 is 0. The van der Waals surface area contributed by atoms with Gasteiger partial charge in [0.1, 0.15) is 0 Å². The normalized spacial score (nSPS) is 12.1. The Balaban J connectivity index is 2.96. The van der Waals surface area contributed by atoms with Crippen molar-refractivity contribution in [1.29, 1.82) is 0 Å². The molecule has 1 aromatic heterocycles. The zero-order valence-corrected chi connectivity index (χ0v) is 10.8. The van der Waals surface area contributed by atoms with Crippen molar-refractivity contribution in [1.82, 2.24) is 9.78 Å². The highest BCUT2D eigenvalue weighted by Crippen LogP contribution is 2.23. The van der Waals surface area contributed by atoms with Gasteiger partial charge in [-0.05, 0) is 31.4 Å². The first kappa shape index (κ1) is 15.0. The van der Waals surface area contributed by atoms with Crippen molar-refractivity contribution in [3.63, 3.8) is 0 Å². The Morgan fingerprint density at radius 3 is 2.33 bits per heavy atom. The molecule has 0 spiro atoms. The lowest BCUT2D eigenvalue weighted by Gasteiger charge is -2.09. The summed E-state index contributed by atoms with van der Waals surface area (Å²) in [5.74, 6) is 0. The third-order valence-electron chi connectivity index (χ3n) is 2.92. The molecule has 0 aliphatic heterocycles. The minimum Gasteiger partial charge on any atom is -0.330 e. The first-order valence-corrected chi connectivity index (χ1v) is 6.27. The molecule has 1 rings (SSSR count). The zero-order chi connectivity index (χ0) is 13.8. The van der Waals surface area contributed by atoms with E-state index in [0.29, 0.717) is 19.4 Å². The van der Waals surface area contributed by atoms with Crippen molar-refractivity contribution in [2.45, 2.75) is 52.3 Å². The SMILES string of the molecule is CCc1nn(CCC(F)(F)F)c(CC)c1CCN. The van der Waals surface area contributed by atoms with Gasteiger partial charge in [-0.15, -0.1) is 0 Å². The van der Waals surface area contributed by atoms with Crippen LogP contribution in [0.2, 0.25) is 0 Å². The third kappa shape index (κ3) is 3.73. The largest absolute Gasteiger partial charge is 0.390 e. The Kier molecular flexibility index (Phi) is 5.19. The molecular weight excluding hydrogens is 243 g/mol. The minimum atomic E-state index is -4.14. The average Bonchev–Trinajstić information content (AvgIpc) is 2.63. The molecule has 0 radical (unpaired) electrons. The Hall–Kier alpha value is -1.04. The van der Waals surface area contributed by atoms with E-state index in [0.717, 1.165) is 23.4 Å². The fourth-order valence-electron chi connectivity index (χ4n) is 2.12. The first-order valence-electron chi connectivity index (χ1n) is 6.27. The zero-order valence-electron chi connectivity index (χ0n) is 10.8. The van der Waals surface area contributed by atoms with Crippen LogP contribution < -0.4 is 5.73 Å². The summed E-state index contributed by atoms with van der Waals surface area (Å²) in [7, 11) is 0. The number of rotatable bonds is 6. The molecular formula is C12H20F3N3. The molecule has 0 amide bonds. The smallest absolute Gasteiger partial charge is 0.330 e. The molecule has 2 N–H and O–H groups in total. The van der Waals surface area contributed by atoms with Gasteiger partial charge in [-0.25, -0.2) is 0 Å². The summed E-state index contributed by atoms with van der Waals surface area (Å²) in [6.07, 6.45) is -2.90. The lowest BCUT2D eigenvalue weighted by molar-refractivity contribution is -0.137. The maximum Gasteiger partial charge on any atom is 0.390 e. The highest BCUT2D eigenvalue weighted by atomic mass is 19.4. The number of hydrogen-bond acceptors (Lipinski definition) is 2. The van der Waals surface area contributed by atoms with E-state index in [9.17, 15) is 13.2 Å². The third-order valence-corrected chi connectivity index (χ3v) is 2.92. The number of aromatic nitrogens is 2. The average molecular weight is 263 g/mol. The van der Waals surface area contributed by atoms with Gasteiger partial charge in [0.2, 0.25) is 0 Å². The highest BCUT2D eigenvalue weighted by Gasteiger charge is 2.27. The van der Waals surface area contributed by atoms with Crippen LogP contribution in [-0.4, -0.2) is 22.5 Å². The van der Waals surface area contributed by atoms with Gasteiger partial charge in [-0.2, -0.15) is 18.3 Å². The van der Waals surface area contributed by atoms with Crippen molar-refractivity contribution >= 4 is 0 Å². The van der Waals surface area contributed by atoms with E-state index in [1.165, 1.54) is 4.68 Å². The molecule has 1 heterocycles. The van der Waals surface area contributed by atoms with Crippen LogP contribution in [0.1, 0.15) is 37.2 Å². The topological polar surface area (TPSA) is 43.8 Å². The van der Waals surface area contributed by atoms with E-state index in [1.807, 2.05) is 13.8 Å². The van der Waals surface area contributed by atoms with Crippen molar-refractivity contribution in [3.05, 3.63) is 17.0 Å². The first-order chi connectivity index (χ1) is 8.42. The van der Waals surface area contributed by atoms with E-state index in [4.69, 9.17) is 5.73 Å². The molecule has 0 aromatic carbocycles. The molecule has 0 bridgehead atoms. The van der Waals surface area contributed by atoms with E-state index in [2.05, 4.69) is 5.10 Å². The van der Waals surface area contributed by atoms with Gasteiger partial charge >= 0.3 is 6.18 Å². The predicted octanol–water partition coefficient (Wildman–Crippen LogP) is 2.46. The summed E-state index contributed by atoms with van der Waals surface area (Å²) in [5.41, 5.74) is 8.34. The van der Waals surface area contributed by atoms with Crippen LogP contribution >= 0.6 is 0 Å². The Bertz CT molecular complexity index is 383. The van der Waals surface area contributed by atoms with Gasteiger partial charge in [-0.3, -0.25) is 4.68 Å². The van der Waals surface area contributed by atoms with Gasteiger partial charge < -0.3 is 5.73 Å². The minimum absolute atomic E-state index is 0.107. The summed E-state index contributed by atoms with van der Waals surface area (Å²) in [4.78, 5) is 0. The van der Waals surface area contributed by atoms with E-state index in [-0.39, 0.29) is 6.54 Å². The number of halogens is 3. The van der Waals surface area contributed by atoms with E-state index < -0.39 is 12.6 Å². The standard InChI is InChI=1S/C12H20F3N3/c1-3-10-9(5-7-16)11(4-2)18(17-10)8-6-12(13,14)15/h3-8,16H2,1-2H3. The molecule has 0 fully saturated rings. The van der Waals surface area contributed by atoms with Gasteiger partial charge in [0.05, 0.1) is 12.1 Å². The molecule has 0 atom stereocenters. The molecule has 0 saturated carbocycles. The second-order valence-corrected chi connectivity index (χ2v) is 4.21. The van der Waals surface area contributed by atoms with E-state index >= 15 is 0 Å². The van der Waals surface area contributed by atoms with Crippen LogP contribution in [0.15, 0.2) is 0 Å². The van der Waals surface area contributed by atoms with Crippen molar-refractivity contribution in [2.24, 2.45) is 5.73 Å². The molecule has 104 valence electrons. The Morgan fingerprint density at radius 2 is 1.89 bits per heavy atom. The second kappa shape index (κ2) is 6.22. The highest BCUT2D eigenvalue weighted by molar-refractivity contribution is 5.27. The van der Waals surface area contributed by atoms with E-state index in [1.54, 1.807) is 0 Å². The number of aryl methyl sites for hydroxylation is 2. The number of nitrogens with zero attached hydrogens (tertiary/aromatic N) is 2. The monoisotopic (exact) mass is 263 g/mol. The van der Waals surface area contributed by atoms with Crippen LogP contribution in [-0.2, 0) is 25.8 Å². The van der Waals surface area contributed by atoms with Crippen LogP contribution in [0, 0.1) is 0 Å². The number of alkyl halides is 3. The molecule has 0 unspecified atom stereocenters. The quantitative estimate of drug-likeness (QED) is 0.856. The van der Waals surface area contributed by atoms with Crippen LogP contribution in [0.4, 0.5) is 13.2 Å². The maximum absolute atomic E-state index is 12.3. The Morgan fingerprint density at radius 1 is 1.22 bits per heavy atom. The van der Waals surface area contributed by atoms with Gasteiger partial charge in [0.25, 0.3) is 0 Å². The van der Waals surface area contributed by atoms with Crippen molar-refractivity contribution < 1.29 is 13.2 Å². The predicted molar refractivity (Wildman–Crippen MR) is 64.4 cm³/mol. The number of hydrogen-bond donors (Lipinski definition) is 1. The molecule has 0 aliphatic rings. The lowest BCUT2D eigenvalue weighted by Crippen LogP contribution is -2.15. The molecule has 0 aliphatic carbocycles. The number of nitrogens with two attached hydrogens (primary N) is 1. The van der Waals surface area contributed by atoms with Crippen LogP contribution in [0.25, 0.3) is 0 Å². The summed E-state index contributed by atoms with van der Waals surface area (Å²) in [5, 5.41) is 4.28. The lowest BCUT2D eigenvalue weighted by atomic mass is 10.1. The van der Waals surface area contributed by atoms with Crippen LogP contribution in [0.3, 0.4) is 0 Å². The fourth-order valence-corrected chi connectivity index (χ4v) is 2.12. The summed E-state index contributed by atoms with van der Waals surface area (Å²) in [6.45, 7) is 4.27. The second-order valence-electron chi connectivity index (χ2n) is 4.21. The molecule has 3 nitrogen and oxygen atoms in total. The molecule has 1 aromatic rings. The van der Waals surface area contributed by atoms with Gasteiger partial charge in [0.15, 0.2) is 0 Å².